The first-order valence-corrected chi connectivity index (χ1v) is 9.48. The molecule has 1 aromatic heterocycles. The summed E-state index contributed by atoms with van der Waals surface area (Å²) in [6.45, 7) is 9.24. The van der Waals surface area contributed by atoms with Gasteiger partial charge in [-0.05, 0) is 63.6 Å². The molecule has 1 amide bonds. The molecule has 1 atom stereocenters. The first-order valence-electron chi connectivity index (χ1n) is 9.48. The van der Waals surface area contributed by atoms with Gasteiger partial charge in [0.1, 0.15) is 5.69 Å². The number of hydrogen-bond donors (Lipinski definition) is 1. The van der Waals surface area contributed by atoms with Crippen molar-refractivity contribution in [2.75, 3.05) is 16.8 Å². The van der Waals surface area contributed by atoms with Crippen molar-refractivity contribution in [2.24, 2.45) is 0 Å². The lowest BCUT2D eigenvalue weighted by Gasteiger charge is -2.35. The zero-order chi connectivity index (χ0) is 18.7. The van der Waals surface area contributed by atoms with Crippen molar-refractivity contribution in [3.05, 3.63) is 46.8 Å². The van der Waals surface area contributed by atoms with Crippen molar-refractivity contribution in [1.29, 1.82) is 0 Å². The van der Waals surface area contributed by atoms with Crippen molar-refractivity contribution in [3.8, 4) is 0 Å². The third kappa shape index (κ3) is 3.87. The zero-order valence-electron chi connectivity index (χ0n) is 16.2. The summed E-state index contributed by atoms with van der Waals surface area (Å²) < 4.78 is 0. The Hall–Kier alpha value is -2.43. The molecule has 1 aliphatic rings. The number of carbonyl (C=O) groups excluding carboxylic acids is 1. The van der Waals surface area contributed by atoms with Crippen LogP contribution in [0.1, 0.15) is 59.8 Å². The van der Waals surface area contributed by atoms with Gasteiger partial charge in [0.05, 0.1) is 0 Å². The van der Waals surface area contributed by atoms with E-state index < -0.39 is 0 Å². The normalized spacial score (nSPS) is 17.2. The Bertz CT molecular complexity index is 779. The fourth-order valence-corrected chi connectivity index (χ4v) is 3.86. The van der Waals surface area contributed by atoms with Crippen LogP contribution in [0.3, 0.4) is 0 Å². The second kappa shape index (κ2) is 7.85. The van der Waals surface area contributed by atoms with Gasteiger partial charge < -0.3 is 10.2 Å². The van der Waals surface area contributed by atoms with E-state index in [1.54, 1.807) is 12.3 Å². The number of aryl methyl sites for hydroxylation is 3. The van der Waals surface area contributed by atoms with E-state index in [1.807, 2.05) is 13.8 Å². The van der Waals surface area contributed by atoms with E-state index in [-0.39, 0.29) is 5.91 Å². The quantitative estimate of drug-likeness (QED) is 0.885. The van der Waals surface area contributed by atoms with Crippen LogP contribution in [0.4, 0.5) is 11.6 Å². The highest BCUT2D eigenvalue weighted by Gasteiger charge is 2.24. The van der Waals surface area contributed by atoms with Crippen LogP contribution < -0.4 is 10.2 Å². The van der Waals surface area contributed by atoms with Gasteiger partial charge in [0, 0.05) is 24.5 Å². The average molecular weight is 352 g/mol. The minimum atomic E-state index is -0.186. The van der Waals surface area contributed by atoms with Crippen LogP contribution in [0.5, 0.6) is 0 Å². The standard InChI is InChI=1S/C21H28N4O/c1-5-17-8-6-7-11-25(17)21-22-10-9-18(23-21)20(26)24-19-15(3)12-14(2)13-16(19)4/h9-10,12-13,17H,5-8,11H2,1-4H3,(H,24,26). The zero-order valence-corrected chi connectivity index (χ0v) is 16.2. The minimum absolute atomic E-state index is 0.186. The number of aromatic nitrogens is 2. The Morgan fingerprint density at radius 3 is 2.65 bits per heavy atom. The predicted molar refractivity (Wildman–Crippen MR) is 106 cm³/mol. The fraction of sp³-hybridized carbons (Fsp3) is 0.476. The fourth-order valence-electron chi connectivity index (χ4n) is 3.86. The maximum absolute atomic E-state index is 12.8. The summed E-state index contributed by atoms with van der Waals surface area (Å²) in [7, 11) is 0. The molecule has 1 saturated heterocycles. The predicted octanol–water partition coefficient (Wildman–Crippen LogP) is 4.42. The van der Waals surface area contributed by atoms with E-state index in [0.717, 1.165) is 42.6 Å². The molecule has 26 heavy (non-hydrogen) atoms. The average Bonchev–Trinajstić information content (AvgIpc) is 2.64. The van der Waals surface area contributed by atoms with Crippen LogP contribution in [0.25, 0.3) is 0 Å². The maximum atomic E-state index is 12.8. The first-order chi connectivity index (χ1) is 12.5. The number of carbonyl (C=O) groups is 1. The topological polar surface area (TPSA) is 58.1 Å². The van der Waals surface area contributed by atoms with Crippen molar-refractivity contribution in [1.82, 2.24) is 9.97 Å². The van der Waals surface area contributed by atoms with Gasteiger partial charge in [-0.15, -0.1) is 0 Å². The number of amides is 1. The Morgan fingerprint density at radius 2 is 1.96 bits per heavy atom. The first kappa shape index (κ1) is 18.4. The smallest absolute Gasteiger partial charge is 0.274 e. The Labute approximate surface area is 155 Å². The lowest BCUT2D eigenvalue weighted by molar-refractivity contribution is 0.102. The number of anilines is 2. The highest BCUT2D eigenvalue weighted by Crippen LogP contribution is 2.25. The molecule has 0 saturated carbocycles. The summed E-state index contributed by atoms with van der Waals surface area (Å²) in [4.78, 5) is 24.0. The Balaban J connectivity index is 1.83. The number of nitrogens with one attached hydrogen (secondary N) is 1. The minimum Gasteiger partial charge on any atom is -0.338 e. The molecule has 1 fully saturated rings. The number of nitrogens with zero attached hydrogens (tertiary/aromatic N) is 3. The third-order valence-electron chi connectivity index (χ3n) is 5.15. The van der Waals surface area contributed by atoms with Gasteiger partial charge in [-0.3, -0.25) is 4.79 Å². The van der Waals surface area contributed by atoms with Gasteiger partial charge in [0.25, 0.3) is 5.91 Å². The van der Waals surface area contributed by atoms with E-state index in [0.29, 0.717) is 17.7 Å². The van der Waals surface area contributed by atoms with Gasteiger partial charge in [-0.25, -0.2) is 9.97 Å². The second-order valence-electron chi connectivity index (χ2n) is 7.22. The van der Waals surface area contributed by atoms with Gasteiger partial charge in [-0.2, -0.15) is 0 Å². The molecule has 2 heterocycles. The van der Waals surface area contributed by atoms with Crippen molar-refractivity contribution in [2.45, 2.75) is 59.4 Å². The molecule has 0 radical (unpaired) electrons. The van der Waals surface area contributed by atoms with E-state index in [1.165, 1.54) is 12.0 Å². The molecule has 0 bridgehead atoms. The van der Waals surface area contributed by atoms with Crippen LogP contribution in [0.15, 0.2) is 24.4 Å². The van der Waals surface area contributed by atoms with Crippen molar-refractivity contribution >= 4 is 17.5 Å². The van der Waals surface area contributed by atoms with Gasteiger partial charge in [-0.1, -0.05) is 24.6 Å². The molecular weight excluding hydrogens is 324 g/mol. The third-order valence-corrected chi connectivity index (χ3v) is 5.15. The van der Waals surface area contributed by atoms with E-state index in [2.05, 4.69) is 46.2 Å². The highest BCUT2D eigenvalue weighted by molar-refractivity contribution is 6.03. The number of rotatable bonds is 4. The van der Waals surface area contributed by atoms with E-state index >= 15 is 0 Å². The molecule has 5 heteroatoms. The van der Waals surface area contributed by atoms with Gasteiger partial charge in [0.2, 0.25) is 5.95 Å². The van der Waals surface area contributed by atoms with Crippen molar-refractivity contribution < 1.29 is 4.79 Å². The van der Waals surface area contributed by atoms with E-state index in [4.69, 9.17) is 0 Å². The Kier molecular flexibility index (Phi) is 5.55. The summed E-state index contributed by atoms with van der Waals surface area (Å²) in [6, 6.07) is 6.30. The SMILES string of the molecule is CCC1CCCCN1c1nccc(C(=O)Nc2c(C)cc(C)cc2C)n1. The van der Waals surface area contributed by atoms with Crippen LogP contribution in [-0.2, 0) is 0 Å². The summed E-state index contributed by atoms with van der Waals surface area (Å²) in [5, 5.41) is 3.03. The van der Waals surface area contributed by atoms with Crippen LogP contribution >= 0.6 is 0 Å². The lowest BCUT2D eigenvalue weighted by Crippen LogP contribution is -2.40. The highest BCUT2D eigenvalue weighted by atomic mass is 16.1. The number of piperidine rings is 1. The molecule has 2 aromatic rings. The molecule has 1 aliphatic heterocycles. The molecule has 3 rings (SSSR count). The van der Waals surface area contributed by atoms with Gasteiger partial charge in [0.15, 0.2) is 0 Å². The summed E-state index contributed by atoms with van der Waals surface area (Å²) in [6.07, 6.45) is 6.33. The van der Waals surface area contributed by atoms with Crippen LogP contribution in [0, 0.1) is 20.8 Å². The largest absolute Gasteiger partial charge is 0.338 e. The molecule has 0 aliphatic carbocycles. The van der Waals surface area contributed by atoms with E-state index in [9.17, 15) is 4.79 Å². The van der Waals surface area contributed by atoms with Gasteiger partial charge >= 0.3 is 0 Å². The molecule has 1 unspecified atom stereocenters. The molecule has 1 N–H and O–H groups in total. The molecular formula is C21H28N4O. The van der Waals surface area contributed by atoms with Crippen LogP contribution in [0.2, 0.25) is 0 Å². The summed E-state index contributed by atoms with van der Waals surface area (Å²) >= 11 is 0. The molecule has 1 aromatic carbocycles. The second-order valence-corrected chi connectivity index (χ2v) is 7.22. The summed E-state index contributed by atoms with van der Waals surface area (Å²) in [5.41, 5.74) is 4.59. The lowest BCUT2D eigenvalue weighted by atomic mass is 10.0. The van der Waals surface area contributed by atoms with Crippen LogP contribution in [-0.4, -0.2) is 28.5 Å². The summed E-state index contributed by atoms with van der Waals surface area (Å²) in [5.74, 6) is 0.482. The number of benzene rings is 1. The number of hydrogen-bond acceptors (Lipinski definition) is 4. The monoisotopic (exact) mass is 352 g/mol. The molecule has 5 nitrogen and oxygen atoms in total. The molecule has 0 spiro atoms. The molecule has 138 valence electrons. The Morgan fingerprint density at radius 1 is 1.23 bits per heavy atom. The van der Waals surface area contributed by atoms with Crippen molar-refractivity contribution in [3.63, 3.8) is 0 Å². The maximum Gasteiger partial charge on any atom is 0.274 e.